The fraction of sp³-hybridized carbons (Fsp3) is 0.421. The van der Waals surface area contributed by atoms with Crippen LogP contribution in [0.25, 0.3) is 0 Å². The molecular formula is C19H25NO5. The Labute approximate surface area is 148 Å². The van der Waals surface area contributed by atoms with Crippen molar-refractivity contribution in [2.24, 2.45) is 5.41 Å². The van der Waals surface area contributed by atoms with Crippen LogP contribution in [-0.2, 0) is 23.9 Å². The van der Waals surface area contributed by atoms with Crippen molar-refractivity contribution in [3.05, 3.63) is 47.7 Å². The van der Waals surface area contributed by atoms with Crippen molar-refractivity contribution in [3.8, 4) is 0 Å². The molecule has 0 aliphatic heterocycles. The van der Waals surface area contributed by atoms with Gasteiger partial charge in [0.05, 0.1) is 12.0 Å². The highest BCUT2D eigenvalue weighted by molar-refractivity contribution is 5.91. The van der Waals surface area contributed by atoms with E-state index in [0.717, 1.165) is 0 Å². The van der Waals surface area contributed by atoms with Crippen LogP contribution in [0, 0.1) is 5.41 Å². The van der Waals surface area contributed by atoms with Crippen LogP contribution < -0.4 is 5.32 Å². The van der Waals surface area contributed by atoms with E-state index in [1.807, 2.05) is 6.07 Å². The van der Waals surface area contributed by atoms with E-state index in [1.165, 1.54) is 6.08 Å². The molecule has 0 saturated carbocycles. The Bertz CT molecular complexity index is 644. The summed E-state index contributed by atoms with van der Waals surface area (Å²) >= 11 is 0. The molecule has 0 heterocycles. The predicted molar refractivity (Wildman–Crippen MR) is 93.3 cm³/mol. The number of hydrogen-bond acceptors (Lipinski definition) is 6. The van der Waals surface area contributed by atoms with Crippen LogP contribution in [0.2, 0.25) is 0 Å². The first-order valence-corrected chi connectivity index (χ1v) is 8.07. The molecule has 1 aromatic carbocycles. The number of rotatable bonds is 6. The van der Waals surface area contributed by atoms with Gasteiger partial charge in [0.15, 0.2) is 6.04 Å². The number of ether oxygens (including phenoxy) is 2. The second-order valence-electron chi connectivity index (χ2n) is 6.53. The second kappa shape index (κ2) is 9.01. The monoisotopic (exact) mass is 347 g/mol. The maximum absolute atomic E-state index is 12.5. The van der Waals surface area contributed by atoms with Crippen LogP contribution in [0.3, 0.4) is 0 Å². The topological polar surface area (TPSA) is 81.7 Å². The lowest BCUT2D eigenvalue weighted by molar-refractivity contribution is -0.167. The van der Waals surface area contributed by atoms with Gasteiger partial charge >= 0.3 is 17.9 Å². The molecule has 136 valence electrons. The largest absolute Gasteiger partial charge is 0.463 e. The van der Waals surface area contributed by atoms with Crippen LogP contribution in [0.1, 0.15) is 46.2 Å². The summed E-state index contributed by atoms with van der Waals surface area (Å²) in [6.07, 6.45) is 1.25. The third-order valence-corrected chi connectivity index (χ3v) is 3.17. The Morgan fingerprint density at radius 1 is 1.16 bits per heavy atom. The smallest absolute Gasteiger partial charge is 0.340 e. The zero-order valence-electron chi connectivity index (χ0n) is 15.3. The molecule has 6 nitrogen and oxygen atoms in total. The Balaban J connectivity index is 3.00. The molecule has 0 fully saturated rings. The molecule has 0 unspecified atom stereocenters. The number of benzene rings is 1. The number of esters is 3. The van der Waals surface area contributed by atoms with Crippen molar-refractivity contribution >= 4 is 17.9 Å². The van der Waals surface area contributed by atoms with Gasteiger partial charge in [-0.2, -0.15) is 0 Å². The predicted octanol–water partition coefficient (Wildman–Crippen LogP) is 2.90. The number of carbonyl (C=O) groups is 3. The summed E-state index contributed by atoms with van der Waals surface area (Å²) in [6.45, 7) is 8.59. The van der Waals surface area contributed by atoms with Gasteiger partial charge < -0.3 is 14.8 Å². The van der Waals surface area contributed by atoms with Gasteiger partial charge in [-0.25, -0.2) is 9.59 Å². The van der Waals surface area contributed by atoms with E-state index in [9.17, 15) is 14.4 Å². The van der Waals surface area contributed by atoms with Gasteiger partial charge in [-0.1, -0.05) is 30.3 Å². The molecule has 1 atom stereocenters. The minimum atomic E-state index is -0.918. The number of carbonyl (C=O) groups excluding carboxylic acids is 3. The van der Waals surface area contributed by atoms with Crippen molar-refractivity contribution < 1.29 is 23.9 Å². The molecule has 25 heavy (non-hydrogen) atoms. The molecule has 0 saturated heterocycles. The molecule has 0 aliphatic rings. The molecule has 6 heteroatoms. The quantitative estimate of drug-likeness (QED) is 0.484. The molecule has 0 spiro atoms. The van der Waals surface area contributed by atoms with Gasteiger partial charge in [0.1, 0.15) is 0 Å². The molecule has 0 aliphatic carbocycles. The van der Waals surface area contributed by atoms with E-state index in [1.54, 1.807) is 58.9 Å². The lowest BCUT2D eigenvalue weighted by atomic mass is 9.97. The van der Waals surface area contributed by atoms with Crippen LogP contribution in [0.15, 0.2) is 42.1 Å². The minimum Gasteiger partial charge on any atom is -0.463 e. The summed E-state index contributed by atoms with van der Waals surface area (Å²) in [5.74, 6) is -1.87. The Morgan fingerprint density at radius 2 is 1.76 bits per heavy atom. The third kappa shape index (κ3) is 6.79. The zero-order valence-corrected chi connectivity index (χ0v) is 15.3. The van der Waals surface area contributed by atoms with Gasteiger partial charge in [0.25, 0.3) is 0 Å². The number of hydrogen-bond donors (Lipinski definition) is 1. The Morgan fingerprint density at radius 3 is 2.28 bits per heavy atom. The first-order chi connectivity index (χ1) is 11.6. The summed E-state index contributed by atoms with van der Waals surface area (Å²) in [6, 6.07) is 7.91. The average molecular weight is 347 g/mol. The molecule has 1 N–H and O–H groups in total. The van der Waals surface area contributed by atoms with E-state index in [2.05, 4.69) is 5.32 Å². The van der Waals surface area contributed by atoms with Gasteiger partial charge in [-0.3, -0.25) is 4.79 Å². The summed E-state index contributed by atoms with van der Waals surface area (Å²) in [5, 5.41) is 2.91. The van der Waals surface area contributed by atoms with Crippen molar-refractivity contribution in [3.63, 3.8) is 0 Å². The summed E-state index contributed by atoms with van der Waals surface area (Å²) < 4.78 is 9.84. The highest BCUT2D eigenvalue weighted by Crippen LogP contribution is 2.20. The van der Waals surface area contributed by atoms with Gasteiger partial charge in [0.2, 0.25) is 0 Å². The van der Waals surface area contributed by atoms with E-state index in [-0.39, 0.29) is 6.61 Å². The molecule has 0 bridgehead atoms. The standard InChI is InChI=1S/C19H25NO5/c1-6-24-15(21)12-13(2)20-16(14-10-8-7-9-11-14)17(22)25-18(23)19(3,4)5/h7-12,16,20H,6H2,1-5H3/b13-12+/t16-/m1/s1. The van der Waals surface area contributed by atoms with E-state index < -0.39 is 29.4 Å². The fourth-order valence-electron chi connectivity index (χ4n) is 1.86. The van der Waals surface area contributed by atoms with E-state index in [0.29, 0.717) is 11.3 Å². The lowest BCUT2D eigenvalue weighted by Crippen LogP contribution is -2.34. The van der Waals surface area contributed by atoms with Crippen LogP contribution >= 0.6 is 0 Å². The highest BCUT2D eigenvalue weighted by Gasteiger charge is 2.30. The van der Waals surface area contributed by atoms with Gasteiger partial charge in [-0.15, -0.1) is 0 Å². The Hall–Kier alpha value is -2.63. The SMILES string of the molecule is CCOC(=O)/C=C(\C)N[C@@H](C(=O)OC(=O)C(C)(C)C)c1ccccc1. The number of allylic oxidation sites excluding steroid dienone is 1. The first kappa shape index (κ1) is 20.4. The third-order valence-electron chi connectivity index (χ3n) is 3.17. The summed E-state index contributed by atoms with van der Waals surface area (Å²) in [4.78, 5) is 36.0. The van der Waals surface area contributed by atoms with E-state index >= 15 is 0 Å². The summed E-state index contributed by atoms with van der Waals surface area (Å²) in [7, 11) is 0. The van der Waals surface area contributed by atoms with E-state index in [4.69, 9.17) is 9.47 Å². The van der Waals surface area contributed by atoms with Gasteiger partial charge in [0, 0.05) is 11.8 Å². The summed E-state index contributed by atoms with van der Waals surface area (Å²) in [5.41, 5.74) is 0.241. The normalized spacial score (nSPS) is 12.9. The van der Waals surface area contributed by atoms with Gasteiger partial charge in [-0.05, 0) is 40.2 Å². The van der Waals surface area contributed by atoms with Crippen molar-refractivity contribution in [2.45, 2.75) is 40.7 Å². The second-order valence-corrected chi connectivity index (χ2v) is 6.53. The first-order valence-electron chi connectivity index (χ1n) is 8.07. The van der Waals surface area contributed by atoms with Crippen LogP contribution in [-0.4, -0.2) is 24.5 Å². The molecule has 0 radical (unpaired) electrons. The average Bonchev–Trinajstić information content (AvgIpc) is 2.52. The van der Waals surface area contributed by atoms with Crippen molar-refractivity contribution in [2.75, 3.05) is 6.61 Å². The lowest BCUT2D eigenvalue weighted by Gasteiger charge is -2.21. The molecule has 0 amide bonds. The minimum absolute atomic E-state index is 0.257. The molecule has 1 rings (SSSR count). The zero-order chi connectivity index (χ0) is 19.0. The van der Waals surface area contributed by atoms with Crippen molar-refractivity contribution in [1.29, 1.82) is 0 Å². The fourth-order valence-corrected chi connectivity index (χ4v) is 1.86. The molecule has 0 aromatic heterocycles. The van der Waals surface area contributed by atoms with Crippen LogP contribution in [0.5, 0.6) is 0 Å². The van der Waals surface area contributed by atoms with Crippen molar-refractivity contribution in [1.82, 2.24) is 5.32 Å². The number of nitrogens with one attached hydrogen (secondary N) is 1. The maximum atomic E-state index is 12.5. The maximum Gasteiger partial charge on any atom is 0.340 e. The van der Waals surface area contributed by atoms with Crippen LogP contribution in [0.4, 0.5) is 0 Å². The molecular weight excluding hydrogens is 322 g/mol. The highest BCUT2D eigenvalue weighted by atomic mass is 16.6. The molecule has 1 aromatic rings. The Kier molecular flexibility index (Phi) is 7.36.